The average molecular weight is 519 g/mol. The number of carbonyl (C=O) groups is 2. The Morgan fingerprint density at radius 1 is 1.14 bits per heavy atom. The number of alkyl carbamates (subject to hydrolysis) is 1. The Kier molecular flexibility index (Phi) is 10.6. The summed E-state index contributed by atoms with van der Waals surface area (Å²) >= 11 is 0. The third-order valence-electron chi connectivity index (χ3n) is 7.57. The summed E-state index contributed by atoms with van der Waals surface area (Å²) in [6, 6.07) is 2.41. The molecule has 0 aromatic heterocycles. The average Bonchev–Trinajstić information content (AvgIpc) is 2.89. The molecule has 1 aliphatic carbocycles. The van der Waals surface area contributed by atoms with Crippen molar-refractivity contribution in [3.8, 4) is 6.07 Å². The van der Waals surface area contributed by atoms with Crippen molar-refractivity contribution >= 4 is 18.0 Å². The fourth-order valence-corrected chi connectivity index (χ4v) is 5.16. The van der Waals surface area contributed by atoms with E-state index < -0.39 is 11.6 Å². The molecular formula is C27H46N6O4. The normalized spacial score (nSPS) is 22.6. The van der Waals surface area contributed by atoms with Gasteiger partial charge in [-0.25, -0.2) is 4.79 Å². The van der Waals surface area contributed by atoms with Gasteiger partial charge >= 0.3 is 6.09 Å². The summed E-state index contributed by atoms with van der Waals surface area (Å²) in [6.45, 7) is 10.4. The summed E-state index contributed by atoms with van der Waals surface area (Å²) in [4.78, 5) is 35.3. The molecule has 10 nitrogen and oxygen atoms in total. The van der Waals surface area contributed by atoms with Crippen LogP contribution in [-0.2, 0) is 14.3 Å². The predicted octanol–water partition coefficient (Wildman–Crippen LogP) is 2.75. The summed E-state index contributed by atoms with van der Waals surface area (Å²) in [5.41, 5.74) is -0.981. The van der Waals surface area contributed by atoms with Crippen molar-refractivity contribution in [1.29, 1.82) is 5.26 Å². The Balaban J connectivity index is 1.77. The molecule has 2 amide bonds. The van der Waals surface area contributed by atoms with E-state index in [1.807, 2.05) is 32.7 Å². The van der Waals surface area contributed by atoms with Crippen LogP contribution in [0.2, 0.25) is 0 Å². The fraction of sp³-hybridized carbons (Fsp3) is 0.852. The Labute approximate surface area is 222 Å². The lowest BCUT2D eigenvalue weighted by atomic mass is 9.78. The highest BCUT2D eigenvalue weighted by atomic mass is 16.5. The van der Waals surface area contributed by atoms with Gasteiger partial charge in [-0.15, -0.1) is 0 Å². The monoisotopic (exact) mass is 518 g/mol. The summed E-state index contributed by atoms with van der Waals surface area (Å²) in [6.07, 6.45) is 6.02. The molecule has 0 aromatic rings. The number of amides is 2. The number of aliphatic imine (C=N–C) groups is 1. The van der Waals surface area contributed by atoms with Gasteiger partial charge in [0.15, 0.2) is 0 Å². The maximum absolute atomic E-state index is 13.7. The van der Waals surface area contributed by atoms with Crippen LogP contribution in [0.1, 0.15) is 65.7 Å². The molecular weight excluding hydrogens is 472 g/mol. The molecule has 1 saturated carbocycles. The van der Waals surface area contributed by atoms with Crippen LogP contribution in [0.5, 0.6) is 0 Å². The van der Waals surface area contributed by atoms with E-state index in [-0.39, 0.29) is 36.3 Å². The second kappa shape index (κ2) is 13.4. The number of likely N-dealkylation sites (tertiary alicyclic amines) is 1. The van der Waals surface area contributed by atoms with E-state index in [0.29, 0.717) is 45.1 Å². The topological polar surface area (TPSA) is 119 Å². The molecule has 2 aliphatic heterocycles. The van der Waals surface area contributed by atoms with Gasteiger partial charge in [0.2, 0.25) is 11.9 Å². The molecule has 1 unspecified atom stereocenters. The van der Waals surface area contributed by atoms with Gasteiger partial charge in [0.1, 0.15) is 5.54 Å². The minimum atomic E-state index is -0.831. The Morgan fingerprint density at radius 2 is 1.78 bits per heavy atom. The zero-order valence-electron chi connectivity index (χ0n) is 23.2. The van der Waals surface area contributed by atoms with Gasteiger partial charge in [0.05, 0.1) is 38.4 Å². The van der Waals surface area contributed by atoms with Gasteiger partial charge in [-0.3, -0.25) is 15.1 Å². The smallest absolute Gasteiger partial charge is 0.413 e. The maximum Gasteiger partial charge on any atom is 0.413 e. The summed E-state index contributed by atoms with van der Waals surface area (Å²) in [7, 11) is 2.04. The van der Waals surface area contributed by atoms with Crippen LogP contribution in [0.4, 0.5) is 4.79 Å². The second-order valence-corrected chi connectivity index (χ2v) is 12.0. The van der Waals surface area contributed by atoms with Crippen molar-refractivity contribution in [2.75, 3.05) is 59.6 Å². The lowest BCUT2D eigenvalue weighted by Crippen LogP contribution is -2.56. The molecule has 3 aliphatic rings. The second-order valence-electron chi connectivity index (χ2n) is 12.0. The number of nitrogens with zero attached hydrogens (tertiary/aromatic N) is 4. The van der Waals surface area contributed by atoms with Gasteiger partial charge < -0.3 is 24.6 Å². The lowest BCUT2D eigenvalue weighted by Gasteiger charge is -2.38. The molecule has 2 heterocycles. The highest BCUT2D eigenvalue weighted by molar-refractivity contribution is 5.94. The predicted molar refractivity (Wildman–Crippen MR) is 142 cm³/mol. The van der Waals surface area contributed by atoms with Gasteiger partial charge in [0, 0.05) is 26.2 Å². The molecule has 3 fully saturated rings. The van der Waals surface area contributed by atoms with Crippen molar-refractivity contribution in [3.63, 3.8) is 0 Å². The molecule has 10 heteroatoms. The SMILES string of the molecule is CN1CCC(C#N)(NC(=O)C(CN=C(NC(=O)OCC(C)(C)C)N2CCOCC2)C2CCCCC2)CC1. The number of guanidine groups is 1. The first-order valence-electron chi connectivity index (χ1n) is 13.8. The molecule has 2 saturated heterocycles. The van der Waals surface area contributed by atoms with Gasteiger partial charge in [0.25, 0.3) is 0 Å². The van der Waals surface area contributed by atoms with Crippen molar-refractivity contribution in [1.82, 2.24) is 20.4 Å². The van der Waals surface area contributed by atoms with Crippen molar-refractivity contribution in [2.24, 2.45) is 22.2 Å². The largest absolute Gasteiger partial charge is 0.449 e. The number of nitrogens with one attached hydrogen (secondary N) is 2. The molecule has 3 rings (SSSR count). The van der Waals surface area contributed by atoms with E-state index in [4.69, 9.17) is 14.5 Å². The molecule has 0 spiro atoms. The number of carbonyl (C=O) groups excluding carboxylic acids is 2. The van der Waals surface area contributed by atoms with Crippen molar-refractivity contribution < 1.29 is 19.1 Å². The summed E-state index contributed by atoms with van der Waals surface area (Å²) in [5.74, 6) is 0.176. The van der Waals surface area contributed by atoms with E-state index in [0.717, 1.165) is 38.8 Å². The molecule has 208 valence electrons. The quantitative estimate of drug-likeness (QED) is 0.410. The van der Waals surface area contributed by atoms with Gasteiger partial charge in [-0.1, -0.05) is 40.0 Å². The summed E-state index contributed by atoms with van der Waals surface area (Å²) < 4.78 is 10.9. The Morgan fingerprint density at radius 3 is 2.38 bits per heavy atom. The fourth-order valence-electron chi connectivity index (χ4n) is 5.16. The number of hydrogen-bond acceptors (Lipinski definition) is 7. The first-order chi connectivity index (χ1) is 17.6. The van der Waals surface area contributed by atoms with E-state index >= 15 is 0 Å². The number of ether oxygens (including phenoxy) is 2. The van der Waals surface area contributed by atoms with Gasteiger partial charge in [-0.05, 0) is 44.1 Å². The van der Waals surface area contributed by atoms with Crippen LogP contribution in [0, 0.1) is 28.6 Å². The Bertz CT molecular complexity index is 829. The molecule has 0 bridgehead atoms. The number of morpholine rings is 1. The number of hydrogen-bond donors (Lipinski definition) is 2. The highest BCUT2D eigenvalue weighted by Gasteiger charge is 2.39. The zero-order valence-corrected chi connectivity index (χ0v) is 23.2. The zero-order chi connectivity index (χ0) is 26.9. The highest BCUT2D eigenvalue weighted by Crippen LogP contribution is 2.32. The molecule has 1 atom stereocenters. The first kappa shape index (κ1) is 29.2. The van der Waals surface area contributed by atoms with Gasteiger partial charge in [-0.2, -0.15) is 5.26 Å². The standard InChI is InChI=1S/C27H46N6O4/c1-26(2,3)20-37-25(35)30-24(33-14-16-36-17-15-33)29-18-22(21-8-6-5-7-9-21)23(34)31-27(19-28)10-12-32(4)13-11-27/h21-22H,5-18,20H2,1-4H3,(H,31,34)(H,29,30,35). The molecule has 37 heavy (non-hydrogen) atoms. The minimum Gasteiger partial charge on any atom is -0.449 e. The van der Waals surface area contributed by atoms with Crippen molar-refractivity contribution in [3.05, 3.63) is 0 Å². The van der Waals surface area contributed by atoms with Crippen LogP contribution in [0.15, 0.2) is 4.99 Å². The van der Waals surface area contributed by atoms with Crippen LogP contribution >= 0.6 is 0 Å². The van der Waals surface area contributed by atoms with Crippen molar-refractivity contribution in [2.45, 2.75) is 71.3 Å². The van der Waals surface area contributed by atoms with E-state index in [1.54, 1.807) is 0 Å². The van der Waals surface area contributed by atoms with Crippen LogP contribution in [0.3, 0.4) is 0 Å². The van der Waals surface area contributed by atoms with E-state index in [1.165, 1.54) is 6.42 Å². The third kappa shape index (κ3) is 9.15. The van der Waals surface area contributed by atoms with Crippen LogP contribution in [0.25, 0.3) is 0 Å². The van der Waals surface area contributed by atoms with E-state index in [2.05, 4.69) is 21.6 Å². The number of piperidine rings is 1. The first-order valence-corrected chi connectivity index (χ1v) is 13.8. The minimum absolute atomic E-state index is 0.0987. The summed E-state index contributed by atoms with van der Waals surface area (Å²) in [5, 5.41) is 15.9. The number of nitriles is 1. The van der Waals surface area contributed by atoms with Crippen LogP contribution in [-0.4, -0.2) is 92.9 Å². The molecule has 0 radical (unpaired) electrons. The van der Waals surface area contributed by atoms with E-state index in [9.17, 15) is 14.9 Å². The maximum atomic E-state index is 13.7. The third-order valence-corrected chi connectivity index (χ3v) is 7.57. The lowest BCUT2D eigenvalue weighted by molar-refractivity contribution is -0.128. The molecule has 0 aromatic carbocycles. The molecule has 2 N–H and O–H groups in total. The van der Waals surface area contributed by atoms with Crippen LogP contribution < -0.4 is 10.6 Å². The Hall–Kier alpha value is -2.38. The number of rotatable bonds is 6.